The van der Waals surface area contributed by atoms with Crippen molar-refractivity contribution in [1.29, 1.82) is 0 Å². The van der Waals surface area contributed by atoms with E-state index < -0.39 is 0 Å². The first kappa shape index (κ1) is 14.6. The number of phenolic OH excluding ortho intramolecular Hbond substituents is 1. The van der Waals surface area contributed by atoms with E-state index in [1.807, 2.05) is 18.2 Å². The minimum Gasteiger partial charge on any atom is -0.506 e. The van der Waals surface area contributed by atoms with Gasteiger partial charge in [0, 0.05) is 0 Å². The number of rotatable bonds is 5. The third-order valence-electron chi connectivity index (χ3n) is 3.93. The quantitative estimate of drug-likeness (QED) is 0.773. The van der Waals surface area contributed by atoms with Crippen molar-refractivity contribution in [1.82, 2.24) is 15.0 Å². The number of aromatic nitrogens is 3. The van der Waals surface area contributed by atoms with Crippen LogP contribution in [0.1, 0.15) is 37.8 Å². The molecule has 3 rings (SSSR count). The normalized spacial score (nSPS) is 11.2. The van der Waals surface area contributed by atoms with Crippen molar-refractivity contribution in [2.24, 2.45) is 0 Å². The van der Waals surface area contributed by atoms with Crippen LogP contribution in [-0.2, 0) is 12.8 Å². The van der Waals surface area contributed by atoms with Gasteiger partial charge in [0.25, 0.3) is 0 Å². The summed E-state index contributed by atoms with van der Waals surface area (Å²) in [5.41, 5.74) is 4.71. The van der Waals surface area contributed by atoms with Gasteiger partial charge in [0.2, 0.25) is 0 Å². The highest BCUT2D eigenvalue weighted by molar-refractivity contribution is 5.74. The Hall–Kier alpha value is -2.36. The molecule has 114 valence electrons. The number of phenols is 1. The second kappa shape index (κ2) is 6.18. The van der Waals surface area contributed by atoms with Crippen LogP contribution < -0.4 is 0 Å². The van der Waals surface area contributed by atoms with E-state index >= 15 is 0 Å². The van der Waals surface area contributed by atoms with Crippen LogP contribution in [0.4, 0.5) is 0 Å². The lowest BCUT2D eigenvalue weighted by Crippen LogP contribution is -1.99. The molecule has 1 aromatic heterocycles. The molecule has 1 heterocycles. The van der Waals surface area contributed by atoms with E-state index in [0.29, 0.717) is 5.69 Å². The number of benzene rings is 2. The molecule has 0 spiro atoms. The molecule has 4 nitrogen and oxygen atoms in total. The highest BCUT2D eigenvalue weighted by atomic mass is 16.3. The summed E-state index contributed by atoms with van der Waals surface area (Å²) in [5, 5.41) is 19.2. The summed E-state index contributed by atoms with van der Waals surface area (Å²) in [6, 6.07) is 11.8. The first-order chi connectivity index (χ1) is 10.7. The predicted molar refractivity (Wildman–Crippen MR) is 88.5 cm³/mol. The van der Waals surface area contributed by atoms with E-state index in [1.54, 1.807) is 6.07 Å². The smallest absolute Gasteiger partial charge is 0.143 e. The summed E-state index contributed by atoms with van der Waals surface area (Å²) in [4.78, 5) is 1.52. The van der Waals surface area contributed by atoms with Crippen LogP contribution in [0.2, 0.25) is 0 Å². The maximum absolute atomic E-state index is 10.2. The van der Waals surface area contributed by atoms with Crippen molar-refractivity contribution in [3.63, 3.8) is 0 Å². The minimum atomic E-state index is 0.214. The molecule has 0 fully saturated rings. The van der Waals surface area contributed by atoms with E-state index in [1.165, 1.54) is 23.2 Å². The van der Waals surface area contributed by atoms with E-state index in [9.17, 15) is 5.11 Å². The molecular weight excluding hydrogens is 274 g/mol. The zero-order chi connectivity index (χ0) is 15.5. The molecular formula is C18H21N3O. The average molecular weight is 295 g/mol. The van der Waals surface area contributed by atoms with Crippen molar-refractivity contribution >= 4 is 11.0 Å². The van der Waals surface area contributed by atoms with Crippen LogP contribution in [0.15, 0.2) is 36.4 Å². The van der Waals surface area contributed by atoms with Crippen LogP contribution in [0.5, 0.6) is 5.75 Å². The van der Waals surface area contributed by atoms with Gasteiger partial charge in [-0.05, 0) is 54.7 Å². The Balaban J connectivity index is 1.97. The van der Waals surface area contributed by atoms with Crippen molar-refractivity contribution in [2.75, 3.05) is 0 Å². The van der Waals surface area contributed by atoms with Crippen LogP contribution in [0, 0.1) is 0 Å². The van der Waals surface area contributed by atoms with E-state index in [2.05, 4.69) is 36.2 Å². The molecule has 0 aliphatic heterocycles. The molecule has 0 saturated carbocycles. The van der Waals surface area contributed by atoms with Crippen molar-refractivity contribution in [2.45, 2.75) is 39.5 Å². The third-order valence-corrected chi connectivity index (χ3v) is 3.93. The van der Waals surface area contributed by atoms with Gasteiger partial charge in [0.15, 0.2) is 0 Å². The topological polar surface area (TPSA) is 50.9 Å². The summed E-state index contributed by atoms with van der Waals surface area (Å²) < 4.78 is 0. The Morgan fingerprint density at radius 2 is 1.73 bits per heavy atom. The first-order valence-electron chi connectivity index (χ1n) is 7.89. The predicted octanol–water partition coefficient (Wildman–Crippen LogP) is 4.03. The summed E-state index contributed by atoms with van der Waals surface area (Å²) in [6.45, 7) is 4.25. The molecule has 0 aliphatic carbocycles. The molecule has 0 aliphatic rings. The summed E-state index contributed by atoms with van der Waals surface area (Å²) in [5.74, 6) is 0.214. The molecule has 0 unspecified atom stereocenters. The zero-order valence-electron chi connectivity index (χ0n) is 13.1. The van der Waals surface area contributed by atoms with Gasteiger partial charge in [-0.1, -0.05) is 32.4 Å². The lowest BCUT2D eigenvalue weighted by molar-refractivity contribution is 0.467. The fourth-order valence-corrected chi connectivity index (χ4v) is 2.56. The number of unbranched alkanes of at least 4 members (excludes halogenated alkanes) is 1. The van der Waals surface area contributed by atoms with E-state index in [4.69, 9.17) is 0 Å². The molecule has 22 heavy (non-hydrogen) atoms. The first-order valence-corrected chi connectivity index (χ1v) is 7.89. The molecule has 4 heteroatoms. The number of hydrogen-bond donors (Lipinski definition) is 1. The number of aryl methyl sites for hydroxylation is 2. The van der Waals surface area contributed by atoms with Crippen LogP contribution in [0.25, 0.3) is 16.7 Å². The van der Waals surface area contributed by atoms with Gasteiger partial charge in [-0.3, -0.25) is 0 Å². The highest BCUT2D eigenvalue weighted by Crippen LogP contribution is 2.23. The van der Waals surface area contributed by atoms with Crippen LogP contribution in [0.3, 0.4) is 0 Å². The second-order valence-electron chi connectivity index (χ2n) is 5.59. The fourth-order valence-electron chi connectivity index (χ4n) is 2.56. The Morgan fingerprint density at radius 3 is 2.45 bits per heavy atom. The SMILES string of the molecule is CCCCc1ccc2nn(-c3ccc(CC)cc3O)nc2c1. The standard InChI is InChI=1S/C18H21N3O/c1-3-5-6-14-7-9-15-16(11-14)20-21(19-15)17-10-8-13(4-2)12-18(17)22/h7-12,22H,3-6H2,1-2H3. The molecule has 1 N–H and O–H groups in total. The summed E-state index contributed by atoms with van der Waals surface area (Å²) in [6.07, 6.45) is 4.32. The average Bonchev–Trinajstić information content (AvgIpc) is 2.95. The van der Waals surface area contributed by atoms with Gasteiger partial charge >= 0.3 is 0 Å². The van der Waals surface area contributed by atoms with Gasteiger partial charge in [-0.2, -0.15) is 0 Å². The molecule has 0 saturated heterocycles. The number of fused-ring (bicyclic) bond motifs is 1. The minimum absolute atomic E-state index is 0.214. The number of nitrogens with zero attached hydrogens (tertiary/aromatic N) is 3. The van der Waals surface area contributed by atoms with Crippen LogP contribution >= 0.6 is 0 Å². The number of aromatic hydroxyl groups is 1. The van der Waals surface area contributed by atoms with Gasteiger partial charge in [0.1, 0.15) is 22.5 Å². The molecule has 0 radical (unpaired) electrons. The van der Waals surface area contributed by atoms with Crippen LogP contribution in [-0.4, -0.2) is 20.1 Å². The fraction of sp³-hybridized carbons (Fsp3) is 0.333. The number of hydrogen-bond acceptors (Lipinski definition) is 3. The van der Waals surface area contributed by atoms with Gasteiger partial charge in [-0.15, -0.1) is 15.0 Å². The second-order valence-corrected chi connectivity index (χ2v) is 5.59. The van der Waals surface area contributed by atoms with Gasteiger partial charge in [-0.25, -0.2) is 0 Å². The lowest BCUT2D eigenvalue weighted by atomic mass is 10.1. The monoisotopic (exact) mass is 295 g/mol. The summed E-state index contributed by atoms with van der Waals surface area (Å²) >= 11 is 0. The lowest BCUT2D eigenvalue weighted by Gasteiger charge is -2.04. The van der Waals surface area contributed by atoms with Crippen molar-refractivity contribution in [3.05, 3.63) is 47.5 Å². The Labute approximate surface area is 130 Å². The highest BCUT2D eigenvalue weighted by Gasteiger charge is 2.09. The van der Waals surface area contributed by atoms with Crippen molar-refractivity contribution in [3.8, 4) is 11.4 Å². The van der Waals surface area contributed by atoms with Crippen molar-refractivity contribution < 1.29 is 5.11 Å². The van der Waals surface area contributed by atoms with E-state index in [-0.39, 0.29) is 5.75 Å². The zero-order valence-corrected chi connectivity index (χ0v) is 13.1. The third kappa shape index (κ3) is 2.82. The Morgan fingerprint density at radius 1 is 0.955 bits per heavy atom. The Kier molecular flexibility index (Phi) is 4.09. The van der Waals surface area contributed by atoms with Gasteiger partial charge < -0.3 is 5.11 Å². The molecule has 0 amide bonds. The maximum Gasteiger partial charge on any atom is 0.143 e. The van der Waals surface area contributed by atoms with Gasteiger partial charge in [0.05, 0.1) is 0 Å². The molecule has 0 atom stereocenters. The van der Waals surface area contributed by atoms with E-state index in [0.717, 1.165) is 29.4 Å². The largest absolute Gasteiger partial charge is 0.506 e. The summed E-state index contributed by atoms with van der Waals surface area (Å²) in [7, 11) is 0. The molecule has 2 aromatic carbocycles. The maximum atomic E-state index is 10.2. The molecule has 0 bridgehead atoms. The molecule has 3 aromatic rings. The Bertz CT molecular complexity index is 792.